The standard InChI is InChI=1S/C14H13ClN2O3/c1-19-12-6-5-10(8-11(12)15)17-13(18)9-20-14-4-2-3-7-16-14/h2-8H,9H2,1H3,(H,17,18). The molecule has 20 heavy (non-hydrogen) atoms. The number of carbonyl (C=O) groups excluding carboxylic acids is 1. The summed E-state index contributed by atoms with van der Waals surface area (Å²) in [6.45, 7) is -0.124. The number of hydrogen-bond donors (Lipinski definition) is 1. The van der Waals surface area contributed by atoms with Gasteiger partial charge >= 0.3 is 0 Å². The van der Waals surface area contributed by atoms with E-state index in [9.17, 15) is 4.79 Å². The number of pyridine rings is 1. The summed E-state index contributed by atoms with van der Waals surface area (Å²) >= 11 is 5.97. The van der Waals surface area contributed by atoms with Gasteiger partial charge in [-0.15, -0.1) is 0 Å². The fourth-order valence-corrected chi connectivity index (χ4v) is 1.77. The van der Waals surface area contributed by atoms with Gasteiger partial charge in [0, 0.05) is 18.0 Å². The summed E-state index contributed by atoms with van der Waals surface area (Å²) in [6.07, 6.45) is 1.59. The van der Waals surface area contributed by atoms with E-state index in [1.165, 1.54) is 7.11 Å². The fourth-order valence-electron chi connectivity index (χ4n) is 1.51. The Morgan fingerprint density at radius 3 is 2.85 bits per heavy atom. The number of amides is 1. The van der Waals surface area contributed by atoms with Crippen molar-refractivity contribution < 1.29 is 14.3 Å². The minimum absolute atomic E-state index is 0.124. The van der Waals surface area contributed by atoms with Crippen LogP contribution in [0.2, 0.25) is 5.02 Å². The lowest BCUT2D eigenvalue weighted by Crippen LogP contribution is -2.20. The van der Waals surface area contributed by atoms with Crippen molar-refractivity contribution in [1.82, 2.24) is 4.98 Å². The minimum Gasteiger partial charge on any atom is -0.495 e. The Bertz CT molecular complexity index is 590. The molecule has 0 saturated carbocycles. The molecule has 104 valence electrons. The van der Waals surface area contributed by atoms with E-state index in [0.29, 0.717) is 22.3 Å². The highest BCUT2D eigenvalue weighted by Crippen LogP contribution is 2.27. The summed E-state index contributed by atoms with van der Waals surface area (Å²) in [7, 11) is 1.53. The van der Waals surface area contributed by atoms with Gasteiger partial charge in [-0.2, -0.15) is 0 Å². The van der Waals surface area contributed by atoms with E-state index >= 15 is 0 Å². The van der Waals surface area contributed by atoms with Gasteiger partial charge in [-0.25, -0.2) is 4.98 Å². The predicted molar refractivity (Wildman–Crippen MR) is 76.4 cm³/mol. The summed E-state index contributed by atoms with van der Waals surface area (Å²) < 4.78 is 10.3. The molecular weight excluding hydrogens is 280 g/mol. The average molecular weight is 293 g/mol. The Kier molecular flexibility index (Phi) is 4.79. The van der Waals surface area contributed by atoms with Gasteiger partial charge in [-0.1, -0.05) is 17.7 Å². The molecule has 2 aromatic rings. The lowest BCUT2D eigenvalue weighted by molar-refractivity contribution is -0.118. The lowest BCUT2D eigenvalue weighted by Gasteiger charge is -2.08. The lowest BCUT2D eigenvalue weighted by atomic mass is 10.3. The number of ether oxygens (including phenoxy) is 2. The largest absolute Gasteiger partial charge is 0.495 e. The van der Waals surface area contributed by atoms with Gasteiger partial charge in [0.2, 0.25) is 5.88 Å². The van der Waals surface area contributed by atoms with Crippen molar-refractivity contribution in [3.63, 3.8) is 0 Å². The topological polar surface area (TPSA) is 60.5 Å². The number of methoxy groups -OCH3 is 1. The van der Waals surface area contributed by atoms with Gasteiger partial charge in [-0.3, -0.25) is 4.79 Å². The Morgan fingerprint density at radius 1 is 1.35 bits per heavy atom. The van der Waals surface area contributed by atoms with E-state index in [1.54, 1.807) is 42.6 Å². The molecule has 0 aliphatic carbocycles. The molecule has 1 aromatic carbocycles. The Morgan fingerprint density at radius 2 is 2.20 bits per heavy atom. The summed E-state index contributed by atoms with van der Waals surface area (Å²) in [5.41, 5.74) is 0.574. The van der Waals surface area contributed by atoms with Crippen LogP contribution >= 0.6 is 11.6 Å². The third kappa shape index (κ3) is 3.86. The first kappa shape index (κ1) is 14.1. The number of carbonyl (C=O) groups is 1. The van der Waals surface area contributed by atoms with Crippen LogP contribution in [-0.4, -0.2) is 24.6 Å². The highest BCUT2D eigenvalue weighted by Gasteiger charge is 2.06. The molecule has 0 bridgehead atoms. The number of nitrogens with one attached hydrogen (secondary N) is 1. The first-order valence-electron chi connectivity index (χ1n) is 5.86. The minimum atomic E-state index is -0.295. The molecule has 1 aromatic heterocycles. The number of hydrogen-bond acceptors (Lipinski definition) is 4. The zero-order valence-electron chi connectivity index (χ0n) is 10.8. The van der Waals surface area contributed by atoms with Crippen LogP contribution in [0.5, 0.6) is 11.6 Å². The Hall–Kier alpha value is -2.27. The van der Waals surface area contributed by atoms with Crippen molar-refractivity contribution in [2.24, 2.45) is 0 Å². The van der Waals surface area contributed by atoms with E-state index in [2.05, 4.69) is 10.3 Å². The molecule has 1 N–H and O–H groups in total. The van der Waals surface area contributed by atoms with Gasteiger partial charge in [0.1, 0.15) is 5.75 Å². The summed E-state index contributed by atoms with van der Waals surface area (Å²) in [5, 5.41) is 3.10. The van der Waals surface area contributed by atoms with E-state index in [1.807, 2.05) is 0 Å². The molecule has 0 saturated heterocycles. The molecule has 0 aliphatic rings. The zero-order chi connectivity index (χ0) is 14.4. The molecule has 0 fully saturated rings. The maximum Gasteiger partial charge on any atom is 0.262 e. The van der Waals surface area contributed by atoms with Crippen LogP contribution in [0.15, 0.2) is 42.6 Å². The quantitative estimate of drug-likeness (QED) is 0.920. The van der Waals surface area contributed by atoms with Crippen molar-refractivity contribution in [2.75, 3.05) is 19.0 Å². The molecular formula is C14H13ClN2O3. The van der Waals surface area contributed by atoms with Gasteiger partial charge in [0.25, 0.3) is 5.91 Å². The van der Waals surface area contributed by atoms with Crippen LogP contribution in [-0.2, 0) is 4.79 Å². The van der Waals surface area contributed by atoms with E-state index in [4.69, 9.17) is 21.1 Å². The average Bonchev–Trinajstić information content (AvgIpc) is 2.46. The smallest absolute Gasteiger partial charge is 0.262 e. The van der Waals surface area contributed by atoms with Crippen LogP contribution < -0.4 is 14.8 Å². The molecule has 0 radical (unpaired) electrons. The molecule has 1 heterocycles. The van der Waals surface area contributed by atoms with E-state index < -0.39 is 0 Å². The second-order valence-corrected chi connectivity index (χ2v) is 4.26. The van der Waals surface area contributed by atoms with Gasteiger partial charge in [-0.05, 0) is 24.3 Å². The third-order valence-corrected chi connectivity index (χ3v) is 2.72. The van der Waals surface area contributed by atoms with E-state index in [0.717, 1.165) is 0 Å². The van der Waals surface area contributed by atoms with Crippen molar-refractivity contribution >= 4 is 23.2 Å². The second kappa shape index (κ2) is 6.77. The maximum absolute atomic E-state index is 11.7. The van der Waals surface area contributed by atoms with Crippen molar-refractivity contribution in [3.05, 3.63) is 47.6 Å². The monoisotopic (exact) mass is 292 g/mol. The number of aromatic nitrogens is 1. The van der Waals surface area contributed by atoms with Gasteiger partial charge < -0.3 is 14.8 Å². The number of rotatable bonds is 5. The Labute approximate surface area is 121 Å². The number of nitrogens with zero attached hydrogens (tertiary/aromatic N) is 1. The zero-order valence-corrected chi connectivity index (χ0v) is 11.6. The molecule has 0 atom stereocenters. The van der Waals surface area contributed by atoms with Crippen LogP contribution in [0.1, 0.15) is 0 Å². The first-order valence-corrected chi connectivity index (χ1v) is 6.24. The third-order valence-electron chi connectivity index (χ3n) is 2.42. The van der Waals surface area contributed by atoms with Crippen molar-refractivity contribution in [1.29, 1.82) is 0 Å². The molecule has 0 unspecified atom stereocenters. The first-order chi connectivity index (χ1) is 9.69. The summed E-state index contributed by atoms with van der Waals surface area (Å²) in [6, 6.07) is 10.2. The molecule has 0 aliphatic heterocycles. The number of halogens is 1. The molecule has 5 nitrogen and oxygen atoms in total. The predicted octanol–water partition coefficient (Wildman–Crippen LogP) is 2.76. The maximum atomic E-state index is 11.7. The second-order valence-electron chi connectivity index (χ2n) is 3.85. The number of anilines is 1. The van der Waals surface area contributed by atoms with E-state index in [-0.39, 0.29) is 12.5 Å². The summed E-state index contributed by atoms with van der Waals surface area (Å²) in [4.78, 5) is 15.7. The summed E-state index contributed by atoms with van der Waals surface area (Å²) in [5.74, 6) is 0.654. The highest BCUT2D eigenvalue weighted by molar-refractivity contribution is 6.32. The highest BCUT2D eigenvalue weighted by atomic mass is 35.5. The SMILES string of the molecule is COc1ccc(NC(=O)COc2ccccn2)cc1Cl. The number of benzene rings is 1. The molecule has 6 heteroatoms. The Balaban J connectivity index is 1.90. The van der Waals surface area contributed by atoms with Crippen molar-refractivity contribution in [2.45, 2.75) is 0 Å². The van der Waals surface area contributed by atoms with Gasteiger partial charge in [0.05, 0.1) is 12.1 Å². The molecule has 1 amide bonds. The van der Waals surface area contributed by atoms with Crippen LogP contribution in [0.3, 0.4) is 0 Å². The van der Waals surface area contributed by atoms with Gasteiger partial charge in [0.15, 0.2) is 6.61 Å². The normalized spacial score (nSPS) is 9.90. The van der Waals surface area contributed by atoms with Crippen LogP contribution in [0.25, 0.3) is 0 Å². The van der Waals surface area contributed by atoms with Crippen molar-refractivity contribution in [3.8, 4) is 11.6 Å². The van der Waals surface area contributed by atoms with Crippen LogP contribution in [0.4, 0.5) is 5.69 Å². The fraction of sp³-hybridized carbons (Fsp3) is 0.143. The van der Waals surface area contributed by atoms with Crippen LogP contribution in [0, 0.1) is 0 Å². The molecule has 0 spiro atoms. The molecule has 2 rings (SSSR count).